The molecule has 0 radical (unpaired) electrons. The van der Waals surface area contributed by atoms with Crippen LogP contribution in [0.15, 0.2) is 12.1 Å². The van der Waals surface area contributed by atoms with Gasteiger partial charge in [0, 0.05) is 0 Å². The minimum absolute atomic E-state index is 0.256. The number of carboxylic acids is 1. The van der Waals surface area contributed by atoms with Crippen molar-refractivity contribution in [1.29, 1.82) is 0 Å². The first kappa shape index (κ1) is 15.3. The van der Waals surface area contributed by atoms with Crippen molar-refractivity contribution in [2.45, 2.75) is 26.7 Å². The third-order valence-corrected chi connectivity index (χ3v) is 3.42. The van der Waals surface area contributed by atoms with E-state index in [0.29, 0.717) is 23.4 Å². The molecule has 0 spiro atoms. The molecule has 0 heterocycles. The molecule has 5 heteroatoms. The van der Waals surface area contributed by atoms with Crippen molar-refractivity contribution >= 4 is 17.3 Å². The second kappa shape index (κ2) is 6.99. The maximum Gasteiger partial charge on any atom is 0.336 e. The number of hydrogen-bond donors (Lipinski definition) is 3. The summed E-state index contributed by atoms with van der Waals surface area (Å²) < 4.78 is 0. The van der Waals surface area contributed by atoms with Gasteiger partial charge in [-0.1, -0.05) is 13.8 Å². The van der Waals surface area contributed by atoms with Crippen LogP contribution in [-0.2, 0) is 6.42 Å². The summed E-state index contributed by atoms with van der Waals surface area (Å²) in [4.78, 5) is 13.5. The van der Waals surface area contributed by atoms with E-state index in [9.17, 15) is 9.90 Å². The molecule has 0 saturated carbocycles. The Morgan fingerprint density at radius 1 is 1.26 bits per heavy atom. The molecule has 0 aliphatic rings. The standard InChI is InChI=1S/C14H23N3O2/c1-3-17(4-2)9-5-6-10-11(14(18)19)7-8-12(15)13(10)16/h7-8H,3-6,9,15-16H2,1-2H3,(H,18,19). The number of nitrogen functional groups attached to an aromatic ring is 2. The Labute approximate surface area is 114 Å². The minimum atomic E-state index is -0.954. The number of carboxylic acid groups (broad SMARTS) is 1. The zero-order valence-corrected chi connectivity index (χ0v) is 11.6. The molecule has 0 aliphatic carbocycles. The van der Waals surface area contributed by atoms with E-state index in [1.165, 1.54) is 6.07 Å². The highest BCUT2D eigenvalue weighted by atomic mass is 16.4. The maximum atomic E-state index is 11.2. The molecular formula is C14H23N3O2. The predicted octanol–water partition coefficient (Wildman–Crippen LogP) is 1.82. The predicted molar refractivity (Wildman–Crippen MR) is 78.3 cm³/mol. The van der Waals surface area contributed by atoms with E-state index >= 15 is 0 Å². The van der Waals surface area contributed by atoms with Crippen LogP contribution in [0.3, 0.4) is 0 Å². The Kier molecular flexibility index (Phi) is 5.63. The Balaban J connectivity index is 2.81. The smallest absolute Gasteiger partial charge is 0.336 e. The number of anilines is 2. The molecule has 5 nitrogen and oxygen atoms in total. The number of aromatic carboxylic acids is 1. The van der Waals surface area contributed by atoms with Gasteiger partial charge in [0.05, 0.1) is 16.9 Å². The van der Waals surface area contributed by atoms with Crippen LogP contribution in [0.25, 0.3) is 0 Å². The summed E-state index contributed by atoms with van der Waals surface area (Å²) in [5.41, 5.74) is 13.4. The van der Waals surface area contributed by atoms with E-state index in [4.69, 9.17) is 11.5 Å². The van der Waals surface area contributed by atoms with Crippen LogP contribution in [0, 0.1) is 0 Å². The van der Waals surface area contributed by atoms with Gasteiger partial charge in [-0.25, -0.2) is 4.79 Å². The number of hydrogen-bond acceptors (Lipinski definition) is 4. The molecule has 0 atom stereocenters. The van der Waals surface area contributed by atoms with E-state index in [0.717, 1.165) is 26.1 Å². The lowest BCUT2D eigenvalue weighted by molar-refractivity contribution is 0.0695. The van der Waals surface area contributed by atoms with Gasteiger partial charge in [0.1, 0.15) is 0 Å². The lowest BCUT2D eigenvalue weighted by Gasteiger charge is -2.18. The van der Waals surface area contributed by atoms with Crippen LogP contribution in [0.1, 0.15) is 36.2 Å². The van der Waals surface area contributed by atoms with Crippen LogP contribution < -0.4 is 11.5 Å². The molecule has 0 fully saturated rings. The lowest BCUT2D eigenvalue weighted by atomic mass is 9.99. The summed E-state index contributed by atoms with van der Waals surface area (Å²) in [6, 6.07) is 3.08. The third kappa shape index (κ3) is 3.86. The SMILES string of the molecule is CCN(CC)CCCc1c(C(=O)O)ccc(N)c1N. The molecule has 0 saturated heterocycles. The van der Waals surface area contributed by atoms with Crippen LogP contribution >= 0.6 is 0 Å². The minimum Gasteiger partial charge on any atom is -0.478 e. The zero-order chi connectivity index (χ0) is 14.4. The summed E-state index contributed by atoms with van der Waals surface area (Å²) in [5, 5.41) is 9.18. The molecule has 1 rings (SSSR count). The monoisotopic (exact) mass is 265 g/mol. The first-order valence-corrected chi connectivity index (χ1v) is 6.63. The maximum absolute atomic E-state index is 11.2. The van der Waals surface area contributed by atoms with Gasteiger partial charge in [-0.15, -0.1) is 0 Å². The molecule has 106 valence electrons. The topological polar surface area (TPSA) is 92.6 Å². The fourth-order valence-electron chi connectivity index (χ4n) is 2.17. The lowest BCUT2D eigenvalue weighted by Crippen LogP contribution is -2.24. The molecular weight excluding hydrogens is 242 g/mol. The molecule has 0 amide bonds. The molecule has 0 aliphatic heterocycles. The Hall–Kier alpha value is -1.75. The second-order valence-electron chi connectivity index (χ2n) is 4.53. The van der Waals surface area contributed by atoms with Crippen molar-refractivity contribution in [1.82, 2.24) is 4.90 Å². The van der Waals surface area contributed by atoms with E-state index in [1.54, 1.807) is 6.07 Å². The van der Waals surface area contributed by atoms with Gasteiger partial charge < -0.3 is 21.5 Å². The normalized spacial score (nSPS) is 10.9. The van der Waals surface area contributed by atoms with E-state index in [2.05, 4.69) is 18.7 Å². The molecule has 0 unspecified atom stereocenters. The van der Waals surface area contributed by atoms with E-state index in [-0.39, 0.29) is 5.56 Å². The van der Waals surface area contributed by atoms with Gasteiger partial charge in [-0.2, -0.15) is 0 Å². The Bertz CT molecular complexity index is 443. The number of nitrogens with two attached hydrogens (primary N) is 2. The highest BCUT2D eigenvalue weighted by Crippen LogP contribution is 2.25. The fourth-order valence-corrected chi connectivity index (χ4v) is 2.17. The van der Waals surface area contributed by atoms with Gasteiger partial charge >= 0.3 is 5.97 Å². The van der Waals surface area contributed by atoms with Crippen LogP contribution in [0.2, 0.25) is 0 Å². The number of benzene rings is 1. The second-order valence-corrected chi connectivity index (χ2v) is 4.53. The van der Waals surface area contributed by atoms with Gasteiger partial charge in [0.15, 0.2) is 0 Å². The average molecular weight is 265 g/mol. The van der Waals surface area contributed by atoms with Crippen molar-refractivity contribution in [3.63, 3.8) is 0 Å². The summed E-state index contributed by atoms with van der Waals surface area (Å²) >= 11 is 0. The first-order chi connectivity index (χ1) is 9.01. The molecule has 0 bridgehead atoms. The largest absolute Gasteiger partial charge is 0.478 e. The van der Waals surface area contributed by atoms with Crippen LogP contribution in [0.5, 0.6) is 0 Å². The van der Waals surface area contributed by atoms with Crippen molar-refractivity contribution in [2.24, 2.45) is 0 Å². The molecule has 19 heavy (non-hydrogen) atoms. The van der Waals surface area contributed by atoms with Gasteiger partial charge in [-0.05, 0) is 50.2 Å². The number of carbonyl (C=O) groups is 1. The van der Waals surface area contributed by atoms with Crippen LogP contribution in [-0.4, -0.2) is 35.6 Å². The molecule has 1 aromatic carbocycles. The van der Waals surface area contributed by atoms with E-state index in [1.807, 2.05) is 0 Å². The average Bonchev–Trinajstić information content (AvgIpc) is 2.39. The molecule has 1 aromatic rings. The Morgan fingerprint density at radius 3 is 2.42 bits per heavy atom. The molecule has 0 aromatic heterocycles. The van der Waals surface area contributed by atoms with Crippen molar-refractivity contribution in [3.8, 4) is 0 Å². The summed E-state index contributed by atoms with van der Waals surface area (Å²) in [7, 11) is 0. The van der Waals surface area contributed by atoms with E-state index < -0.39 is 5.97 Å². The van der Waals surface area contributed by atoms with Gasteiger partial charge in [0.25, 0.3) is 0 Å². The third-order valence-electron chi connectivity index (χ3n) is 3.42. The molecule has 5 N–H and O–H groups in total. The first-order valence-electron chi connectivity index (χ1n) is 6.63. The zero-order valence-electron chi connectivity index (χ0n) is 11.6. The fraction of sp³-hybridized carbons (Fsp3) is 0.500. The summed E-state index contributed by atoms with van der Waals surface area (Å²) in [5.74, 6) is -0.954. The number of nitrogens with zero attached hydrogens (tertiary/aromatic N) is 1. The van der Waals surface area contributed by atoms with Gasteiger partial charge in [0.2, 0.25) is 0 Å². The van der Waals surface area contributed by atoms with Crippen molar-refractivity contribution < 1.29 is 9.90 Å². The number of rotatable bonds is 7. The highest BCUT2D eigenvalue weighted by molar-refractivity contribution is 5.93. The van der Waals surface area contributed by atoms with Crippen molar-refractivity contribution in [3.05, 3.63) is 23.3 Å². The van der Waals surface area contributed by atoms with Crippen LogP contribution in [0.4, 0.5) is 11.4 Å². The quantitative estimate of drug-likeness (QED) is 0.654. The Morgan fingerprint density at radius 2 is 1.89 bits per heavy atom. The summed E-state index contributed by atoms with van der Waals surface area (Å²) in [6.07, 6.45) is 1.50. The van der Waals surface area contributed by atoms with Crippen molar-refractivity contribution in [2.75, 3.05) is 31.1 Å². The van der Waals surface area contributed by atoms with Gasteiger partial charge in [-0.3, -0.25) is 0 Å². The summed E-state index contributed by atoms with van der Waals surface area (Å²) in [6.45, 7) is 7.14. The highest BCUT2D eigenvalue weighted by Gasteiger charge is 2.14.